The maximum Gasteiger partial charge on any atom is 0.238 e. The average molecular weight is 383 g/mol. The lowest BCUT2D eigenvalue weighted by Gasteiger charge is -2.25. The SMILES string of the molecule is Cc1ccc(N2C(=O)CS[C@H]2c2cccc(NC(=O)C(C)(C)C)c2)cc1C. The minimum Gasteiger partial charge on any atom is -0.326 e. The van der Waals surface area contributed by atoms with E-state index in [4.69, 9.17) is 0 Å². The molecule has 27 heavy (non-hydrogen) atoms. The van der Waals surface area contributed by atoms with Crippen LogP contribution in [0.4, 0.5) is 11.4 Å². The molecule has 0 spiro atoms. The number of aryl methyl sites for hydroxylation is 2. The zero-order valence-electron chi connectivity index (χ0n) is 16.5. The number of carbonyl (C=O) groups excluding carboxylic acids is 2. The number of rotatable bonds is 3. The van der Waals surface area contributed by atoms with Crippen molar-refractivity contribution in [2.45, 2.75) is 40.0 Å². The molecule has 0 aliphatic carbocycles. The summed E-state index contributed by atoms with van der Waals surface area (Å²) in [5.41, 5.74) is 4.61. The van der Waals surface area contributed by atoms with Gasteiger partial charge in [0.05, 0.1) is 5.75 Å². The highest BCUT2D eigenvalue weighted by atomic mass is 32.2. The molecule has 2 aromatic carbocycles. The van der Waals surface area contributed by atoms with Gasteiger partial charge in [-0.05, 0) is 54.8 Å². The Morgan fingerprint density at radius 1 is 1.11 bits per heavy atom. The van der Waals surface area contributed by atoms with Gasteiger partial charge in [0.1, 0.15) is 5.37 Å². The topological polar surface area (TPSA) is 49.4 Å². The second-order valence-electron chi connectivity index (χ2n) is 8.03. The molecule has 1 fully saturated rings. The molecule has 0 radical (unpaired) electrons. The molecular formula is C22H26N2O2S. The predicted molar refractivity (Wildman–Crippen MR) is 113 cm³/mol. The van der Waals surface area contributed by atoms with E-state index in [0.29, 0.717) is 5.75 Å². The second-order valence-corrected chi connectivity index (χ2v) is 9.09. The predicted octanol–water partition coefficient (Wildman–Crippen LogP) is 5.07. The van der Waals surface area contributed by atoms with E-state index in [0.717, 1.165) is 16.9 Å². The Balaban J connectivity index is 1.90. The van der Waals surface area contributed by atoms with E-state index in [9.17, 15) is 9.59 Å². The van der Waals surface area contributed by atoms with Crippen molar-refractivity contribution < 1.29 is 9.59 Å². The van der Waals surface area contributed by atoms with Gasteiger partial charge < -0.3 is 5.32 Å². The van der Waals surface area contributed by atoms with E-state index in [1.54, 1.807) is 11.8 Å². The van der Waals surface area contributed by atoms with Gasteiger partial charge in [-0.25, -0.2) is 0 Å². The van der Waals surface area contributed by atoms with E-state index in [2.05, 4.69) is 31.3 Å². The second kappa shape index (κ2) is 7.39. The lowest BCUT2D eigenvalue weighted by atomic mass is 9.95. The normalized spacial score (nSPS) is 17.3. The van der Waals surface area contributed by atoms with Crippen molar-refractivity contribution in [2.24, 2.45) is 5.41 Å². The third-order valence-electron chi connectivity index (χ3n) is 4.75. The van der Waals surface area contributed by atoms with E-state index >= 15 is 0 Å². The van der Waals surface area contributed by atoms with Gasteiger partial charge in [0, 0.05) is 16.8 Å². The van der Waals surface area contributed by atoms with Crippen molar-refractivity contribution in [2.75, 3.05) is 16.0 Å². The van der Waals surface area contributed by atoms with Crippen LogP contribution >= 0.6 is 11.8 Å². The molecule has 4 nitrogen and oxygen atoms in total. The molecule has 0 bridgehead atoms. The van der Waals surface area contributed by atoms with E-state index in [-0.39, 0.29) is 17.2 Å². The number of hydrogen-bond donors (Lipinski definition) is 1. The number of amides is 2. The summed E-state index contributed by atoms with van der Waals surface area (Å²) in [6.45, 7) is 9.79. The van der Waals surface area contributed by atoms with Crippen molar-refractivity contribution in [1.29, 1.82) is 0 Å². The fourth-order valence-corrected chi connectivity index (χ4v) is 4.08. The first kappa shape index (κ1) is 19.5. The van der Waals surface area contributed by atoms with Crippen molar-refractivity contribution in [3.8, 4) is 0 Å². The van der Waals surface area contributed by atoms with Crippen LogP contribution in [0.15, 0.2) is 42.5 Å². The van der Waals surface area contributed by atoms with Crippen molar-refractivity contribution in [1.82, 2.24) is 0 Å². The van der Waals surface area contributed by atoms with E-state index in [1.807, 2.05) is 56.0 Å². The van der Waals surface area contributed by atoms with Gasteiger partial charge in [0.2, 0.25) is 11.8 Å². The number of hydrogen-bond acceptors (Lipinski definition) is 3. The molecule has 2 aromatic rings. The van der Waals surface area contributed by atoms with Crippen LogP contribution in [0.25, 0.3) is 0 Å². The maximum absolute atomic E-state index is 12.6. The zero-order chi connectivity index (χ0) is 19.8. The van der Waals surface area contributed by atoms with Gasteiger partial charge in [-0.2, -0.15) is 0 Å². The summed E-state index contributed by atoms with van der Waals surface area (Å²) >= 11 is 1.61. The highest BCUT2D eigenvalue weighted by Crippen LogP contribution is 2.42. The largest absolute Gasteiger partial charge is 0.326 e. The summed E-state index contributed by atoms with van der Waals surface area (Å²) < 4.78 is 0. The maximum atomic E-state index is 12.6. The van der Waals surface area contributed by atoms with Crippen molar-refractivity contribution >= 4 is 35.0 Å². The fraction of sp³-hybridized carbons (Fsp3) is 0.364. The number of benzene rings is 2. The van der Waals surface area contributed by atoms with Crippen LogP contribution in [0.2, 0.25) is 0 Å². The Morgan fingerprint density at radius 3 is 2.52 bits per heavy atom. The fourth-order valence-electron chi connectivity index (χ4n) is 2.91. The van der Waals surface area contributed by atoms with Gasteiger partial charge >= 0.3 is 0 Å². The smallest absolute Gasteiger partial charge is 0.238 e. The van der Waals surface area contributed by atoms with Crippen LogP contribution in [-0.2, 0) is 9.59 Å². The molecular weight excluding hydrogens is 356 g/mol. The summed E-state index contributed by atoms with van der Waals surface area (Å²) in [7, 11) is 0. The average Bonchev–Trinajstić information content (AvgIpc) is 2.98. The number of anilines is 2. The van der Waals surface area contributed by atoms with Crippen LogP contribution in [0.1, 0.15) is 42.8 Å². The molecule has 0 unspecified atom stereocenters. The number of thioether (sulfide) groups is 1. The Kier molecular flexibility index (Phi) is 5.33. The van der Waals surface area contributed by atoms with Gasteiger partial charge in [-0.3, -0.25) is 14.5 Å². The first-order chi connectivity index (χ1) is 12.7. The first-order valence-electron chi connectivity index (χ1n) is 9.09. The Hall–Kier alpha value is -2.27. The highest BCUT2D eigenvalue weighted by molar-refractivity contribution is 8.00. The Labute approximate surface area is 165 Å². The minimum absolute atomic E-state index is 0.0270. The zero-order valence-corrected chi connectivity index (χ0v) is 17.3. The lowest BCUT2D eigenvalue weighted by molar-refractivity contribution is -0.123. The third kappa shape index (κ3) is 4.19. The van der Waals surface area contributed by atoms with Gasteiger partial charge in [-0.15, -0.1) is 11.8 Å². The van der Waals surface area contributed by atoms with Crippen LogP contribution < -0.4 is 10.2 Å². The molecule has 0 saturated carbocycles. The summed E-state index contributed by atoms with van der Waals surface area (Å²) in [5.74, 6) is 0.536. The molecule has 1 saturated heterocycles. The molecule has 1 N–H and O–H groups in total. The van der Waals surface area contributed by atoms with E-state index in [1.165, 1.54) is 11.1 Å². The molecule has 0 aromatic heterocycles. The standard InChI is InChI=1S/C22H26N2O2S/c1-14-9-10-18(11-15(14)2)24-19(25)13-27-20(24)16-7-6-8-17(12-16)23-21(26)22(3,4)5/h6-12,20H,13H2,1-5H3,(H,23,26)/t20-/m0/s1. The summed E-state index contributed by atoms with van der Waals surface area (Å²) in [6.07, 6.45) is 0. The van der Waals surface area contributed by atoms with Crippen molar-refractivity contribution in [3.63, 3.8) is 0 Å². The Morgan fingerprint density at radius 2 is 1.85 bits per heavy atom. The third-order valence-corrected chi connectivity index (χ3v) is 5.96. The molecule has 2 amide bonds. The van der Waals surface area contributed by atoms with E-state index < -0.39 is 5.41 Å². The molecule has 142 valence electrons. The Bertz CT molecular complexity index is 886. The summed E-state index contributed by atoms with van der Waals surface area (Å²) in [6, 6.07) is 13.9. The quantitative estimate of drug-likeness (QED) is 0.806. The summed E-state index contributed by atoms with van der Waals surface area (Å²) in [4.78, 5) is 26.7. The first-order valence-corrected chi connectivity index (χ1v) is 10.1. The summed E-state index contributed by atoms with van der Waals surface area (Å²) in [5, 5.41) is 2.88. The molecule has 1 aliphatic heterocycles. The molecule has 1 atom stereocenters. The van der Waals surface area contributed by atoms with Crippen molar-refractivity contribution in [3.05, 3.63) is 59.2 Å². The van der Waals surface area contributed by atoms with Gasteiger partial charge in [-0.1, -0.05) is 39.0 Å². The monoisotopic (exact) mass is 382 g/mol. The minimum atomic E-state index is -0.459. The van der Waals surface area contributed by atoms with Gasteiger partial charge in [0.25, 0.3) is 0 Å². The number of nitrogens with one attached hydrogen (secondary N) is 1. The molecule has 5 heteroatoms. The van der Waals surface area contributed by atoms with Crippen LogP contribution in [-0.4, -0.2) is 17.6 Å². The highest BCUT2D eigenvalue weighted by Gasteiger charge is 2.34. The molecule has 1 heterocycles. The van der Waals surface area contributed by atoms with Crippen LogP contribution in [0.3, 0.4) is 0 Å². The van der Waals surface area contributed by atoms with Crippen LogP contribution in [0.5, 0.6) is 0 Å². The number of nitrogens with zero attached hydrogens (tertiary/aromatic N) is 1. The molecule has 1 aliphatic rings. The van der Waals surface area contributed by atoms with Crippen LogP contribution in [0, 0.1) is 19.3 Å². The van der Waals surface area contributed by atoms with Gasteiger partial charge in [0.15, 0.2) is 0 Å². The number of carbonyl (C=O) groups is 2. The molecule has 3 rings (SSSR count). The lowest BCUT2D eigenvalue weighted by Crippen LogP contribution is -2.29.